The SMILES string of the molecule is COc1ccc(Cc2nc3ccccc3n2CC(=O)NN)cc1OC. The zero-order valence-corrected chi connectivity index (χ0v) is 14.2. The van der Waals surface area contributed by atoms with E-state index in [-0.39, 0.29) is 12.5 Å². The Balaban J connectivity index is 2.00. The molecule has 7 nitrogen and oxygen atoms in total. The van der Waals surface area contributed by atoms with Crippen LogP contribution in [0.15, 0.2) is 42.5 Å². The summed E-state index contributed by atoms with van der Waals surface area (Å²) in [5.41, 5.74) is 4.90. The van der Waals surface area contributed by atoms with Gasteiger partial charge >= 0.3 is 0 Å². The number of nitrogens with zero attached hydrogens (tertiary/aromatic N) is 2. The molecule has 7 heteroatoms. The Morgan fingerprint density at radius 1 is 1.16 bits per heavy atom. The molecule has 1 heterocycles. The normalized spacial score (nSPS) is 10.7. The van der Waals surface area contributed by atoms with Crippen molar-refractivity contribution < 1.29 is 14.3 Å². The maximum Gasteiger partial charge on any atom is 0.253 e. The minimum Gasteiger partial charge on any atom is -0.493 e. The lowest BCUT2D eigenvalue weighted by atomic mass is 10.1. The molecule has 3 aromatic rings. The lowest BCUT2D eigenvalue weighted by molar-refractivity contribution is -0.121. The van der Waals surface area contributed by atoms with Crippen LogP contribution < -0.4 is 20.7 Å². The average molecular weight is 340 g/mol. The zero-order valence-electron chi connectivity index (χ0n) is 14.2. The van der Waals surface area contributed by atoms with Gasteiger partial charge in [-0.3, -0.25) is 10.2 Å². The fourth-order valence-electron chi connectivity index (χ4n) is 2.80. The number of aromatic nitrogens is 2. The summed E-state index contributed by atoms with van der Waals surface area (Å²) in [4.78, 5) is 16.5. The second-order valence-corrected chi connectivity index (χ2v) is 5.54. The van der Waals surface area contributed by atoms with Crippen LogP contribution in [-0.4, -0.2) is 29.7 Å². The highest BCUT2D eigenvalue weighted by Gasteiger charge is 2.14. The van der Waals surface area contributed by atoms with Crippen LogP contribution in [0.25, 0.3) is 11.0 Å². The number of amides is 1. The van der Waals surface area contributed by atoms with Gasteiger partial charge in [0.1, 0.15) is 12.4 Å². The Morgan fingerprint density at radius 2 is 1.92 bits per heavy atom. The largest absolute Gasteiger partial charge is 0.493 e. The van der Waals surface area contributed by atoms with Crippen molar-refractivity contribution in [2.45, 2.75) is 13.0 Å². The molecule has 3 N–H and O–H groups in total. The van der Waals surface area contributed by atoms with Gasteiger partial charge in [-0.2, -0.15) is 0 Å². The van der Waals surface area contributed by atoms with Gasteiger partial charge in [-0.1, -0.05) is 18.2 Å². The van der Waals surface area contributed by atoms with E-state index in [1.54, 1.807) is 14.2 Å². The van der Waals surface area contributed by atoms with Crippen LogP contribution in [-0.2, 0) is 17.8 Å². The van der Waals surface area contributed by atoms with Crippen LogP contribution in [0.5, 0.6) is 11.5 Å². The van der Waals surface area contributed by atoms with E-state index < -0.39 is 0 Å². The van der Waals surface area contributed by atoms with Crippen molar-refractivity contribution in [2.24, 2.45) is 5.84 Å². The predicted molar refractivity (Wildman–Crippen MR) is 94.4 cm³/mol. The highest BCUT2D eigenvalue weighted by atomic mass is 16.5. The van der Waals surface area contributed by atoms with Gasteiger partial charge in [0, 0.05) is 6.42 Å². The van der Waals surface area contributed by atoms with E-state index in [4.69, 9.17) is 15.3 Å². The topological polar surface area (TPSA) is 91.4 Å². The Morgan fingerprint density at radius 3 is 2.64 bits per heavy atom. The molecule has 25 heavy (non-hydrogen) atoms. The highest BCUT2D eigenvalue weighted by molar-refractivity contribution is 5.80. The van der Waals surface area contributed by atoms with Crippen LogP contribution >= 0.6 is 0 Å². The molecule has 0 saturated carbocycles. The number of ether oxygens (including phenoxy) is 2. The van der Waals surface area contributed by atoms with E-state index in [0.717, 1.165) is 22.4 Å². The first-order valence-corrected chi connectivity index (χ1v) is 7.80. The Bertz CT molecular complexity index is 904. The number of hydrogen-bond donors (Lipinski definition) is 2. The monoisotopic (exact) mass is 340 g/mol. The molecule has 130 valence electrons. The fraction of sp³-hybridized carbons (Fsp3) is 0.222. The second kappa shape index (κ2) is 7.23. The lowest BCUT2D eigenvalue weighted by Crippen LogP contribution is -2.33. The summed E-state index contributed by atoms with van der Waals surface area (Å²) in [6.07, 6.45) is 0.548. The fourth-order valence-corrected chi connectivity index (χ4v) is 2.80. The van der Waals surface area contributed by atoms with Gasteiger partial charge in [-0.25, -0.2) is 10.8 Å². The first-order chi connectivity index (χ1) is 12.2. The van der Waals surface area contributed by atoms with Crippen molar-refractivity contribution in [1.82, 2.24) is 15.0 Å². The van der Waals surface area contributed by atoms with Crippen molar-refractivity contribution in [3.8, 4) is 11.5 Å². The summed E-state index contributed by atoms with van der Waals surface area (Å²) in [5, 5.41) is 0. The van der Waals surface area contributed by atoms with Gasteiger partial charge < -0.3 is 14.0 Å². The Hall–Kier alpha value is -3.06. The number of rotatable bonds is 6. The molecule has 0 aliphatic carbocycles. The van der Waals surface area contributed by atoms with E-state index in [2.05, 4.69) is 10.4 Å². The zero-order chi connectivity index (χ0) is 17.8. The van der Waals surface area contributed by atoms with E-state index in [9.17, 15) is 4.79 Å². The summed E-state index contributed by atoms with van der Waals surface area (Å²) < 4.78 is 12.5. The molecule has 0 saturated heterocycles. The quantitative estimate of drug-likeness (QED) is 0.404. The van der Waals surface area contributed by atoms with E-state index in [1.165, 1.54) is 0 Å². The van der Waals surface area contributed by atoms with Crippen molar-refractivity contribution in [3.05, 3.63) is 53.9 Å². The molecule has 3 rings (SSSR count). The molecule has 0 unspecified atom stereocenters. The Labute approximate surface area is 145 Å². The van der Waals surface area contributed by atoms with Gasteiger partial charge in [0.25, 0.3) is 5.91 Å². The summed E-state index contributed by atoms with van der Waals surface area (Å²) in [6.45, 7) is 0.111. The van der Waals surface area contributed by atoms with Gasteiger partial charge in [0.2, 0.25) is 0 Å². The number of carbonyl (C=O) groups excluding carboxylic acids is 1. The molecule has 1 amide bonds. The first-order valence-electron chi connectivity index (χ1n) is 7.80. The van der Waals surface area contributed by atoms with Crippen molar-refractivity contribution in [1.29, 1.82) is 0 Å². The minimum atomic E-state index is -0.281. The molecule has 0 fully saturated rings. The standard InChI is InChI=1S/C18H20N4O3/c1-24-15-8-7-12(9-16(15)25-2)10-17-20-13-5-3-4-6-14(13)22(17)11-18(23)21-19/h3-9H,10-11,19H2,1-2H3,(H,21,23). The predicted octanol–water partition coefficient (Wildman–Crippen LogP) is 1.63. The van der Waals surface area contributed by atoms with Crippen LogP contribution in [0.1, 0.15) is 11.4 Å². The number of hydrogen-bond acceptors (Lipinski definition) is 5. The van der Waals surface area contributed by atoms with Gasteiger partial charge in [0.15, 0.2) is 11.5 Å². The van der Waals surface area contributed by atoms with Gasteiger partial charge in [-0.15, -0.1) is 0 Å². The third-order valence-corrected chi connectivity index (χ3v) is 4.01. The maximum absolute atomic E-state index is 11.8. The summed E-state index contributed by atoms with van der Waals surface area (Å²) in [5.74, 6) is 7.06. The van der Waals surface area contributed by atoms with E-state index >= 15 is 0 Å². The number of hydrazine groups is 1. The molecule has 2 aromatic carbocycles. The number of nitrogens with two attached hydrogens (primary N) is 1. The molecule has 0 atom stereocenters. The Kier molecular flexibility index (Phi) is 4.85. The van der Waals surface area contributed by atoms with Crippen molar-refractivity contribution in [2.75, 3.05) is 14.2 Å². The van der Waals surface area contributed by atoms with Crippen LogP contribution in [0.2, 0.25) is 0 Å². The smallest absolute Gasteiger partial charge is 0.253 e. The molecular formula is C18H20N4O3. The number of carbonyl (C=O) groups is 1. The van der Waals surface area contributed by atoms with Crippen LogP contribution in [0.3, 0.4) is 0 Å². The van der Waals surface area contributed by atoms with Gasteiger partial charge in [-0.05, 0) is 29.8 Å². The van der Waals surface area contributed by atoms with Crippen molar-refractivity contribution in [3.63, 3.8) is 0 Å². The van der Waals surface area contributed by atoms with Crippen LogP contribution in [0, 0.1) is 0 Å². The molecule has 0 radical (unpaired) electrons. The molecule has 0 spiro atoms. The number of nitrogens with one attached hydrogen (secondary N) is 1. The minimum absolute atomic E-state index is 0.111. The lowest BCUT2D eigenvalue weighted by Gasteiger charge is -2.11. The molecular weight excluding hydrogens is 320 g/mol. The van der Waals surface area contributed by atoms with Crippen LogP contribution in [0.4, 0.5) is 0 Å². The molecule has 0 bridgehead atoms. The number of para-hydroxylation sites is 2. The van der Waals surface area contributed by atoms with Gasteiger partial charge in [0.05, 0.1) is 25.3 Å². The maximum atomic E-state index is 11.8. The average Bonchev–Trinajstić information content (AvgIpc) is 2.98. The third-order valence-electron chi connectivity index (χ3n) is 4.01. The number of benzene rings is 2. The summed E-state index contributed by atoms with van der Waals surface area (Å²) in [6, 6.07) is 13.4. The first kappa shape index (κ1) is 16.8. The third kappa shape index (κ3) is 3.41. The summed E-state index contributed by atoms with van der Waals surface area (Å²) >= 11 is 0. The van der Waals surface area contributed by atoms with E-state index in [0.29, 0.717) is 17.9 Å². The molecule has 0 aliphatic heterocycles. The number of methoxy groups -OCH3 is 2. The molecule has 0 aliphatic rings. The van der Waals surface area contributed by atoms with Crippen molar-refractivity contribution >= 4 is 16.9 Å². The van der Waals surface area contributed by atoms with E-state index in [1.807, 2.05) is 47.0 Å². The molecule has 1 aromatic heterocycles. The summed E-state index contributed by atoms with van der Waals surface area (Å²) in [7, 11) is 3.20. The highest BCUT2D eigenvalue weighted by Crippen LogP contribution is 2.29. The number of imidazole rings is 1. The second-order valence-electron chi connectivity index (χ2n) is 5.54. The number of fused-ring (bicyclic) bond motifs is 1.